The molecule has 2 aromatic heterocycles. The quantitative estimate of drug-likeness (QED) is 0.171. The second-order valence-corrected chi connectivity index (χ2v) is 10.9. The number of hydrogen-bond donors (Lipinski definition) is 2. The second-order valence-electron chi connectivity index (χ2n) is 10.9. The van der Waals surface area contributed by atoms with Crippen LogP contribution in [0.3, 0.4) is 0 Å². The molecule has 45 heavy (non-hydrogen) atoms. The van der Waals surface area contributed by atoms with Gasteiger partial charge in [-0.2, -0.15) is 0 Å². The van der Waals surface area contributed by atoms with Crippen LogP contribution >= 0.6 is 0 Å². The van der Waals surface area contributed by atoms with E-state index in [4.69, 9.17) is 18.6 Å². The monoisotopic (exact) mass is 612 g/mol. The number of carbonyl (C=O) groups is 1. The van der Waals surface area contributed by atoms with Crippen LogP contribution in [0.25, 0.3) is 22.0 Å². The fourth-order valence-electron chi connectivity index (χ4n) is 5.41. The van der Waals surface area contributed by atoms with Crippen LogP contribution in [0, 0.1) is 13.8 Å². The standard InChI is InChI=1S/C33H33FN6O5/c1-18-11-25(31(43-5)16-29(18)45-21-8-9-28-26(13-21)37-19(2)44-28)38-32-22-14-27(30(42-4)15-24(22)35-17-36-32)39-33(41)23(34)12-20-7-6-10-40(20)3/h8-9,11-17,20H,6-7,10H2,1-5H3,(H,39,41)(H,35,36,38)/b23-12+. The number of oxazole rings is 1. The predicted octanol–water partition coefficient (Wildman–Crippen LogP) is 6.83. The summed E-state index contributed by atoms with van der Waals surface area (Å²) < 4.78 is 37.8. The van der Waals surface area contributed by atoms with Gasteiger partial charge in [0, 0.05) is 36.6 Å². The first-order valence-corrected chi connectivity index (χ1v) is 14.4. The number of benzene rings is 3. The highest BCUT2D eigenvalue weighted by atomic mass is 19.1. The zero-order valence-corrected chi connectivity index (χ0v) is 25.6. The number of aryl methyl sites for hydroxylation is 2. The first-order chi connectivity index (χ1) is 21.7. The summed E-state index contributed by atoms with van der Waals surface area (Å²) in [5, 5.41) is 6.54. The molecule has 6 rings (SSSR count). The highest BCUT2D eigenvalue weighted by molar-refractivity contribution is 6.05. The molecule has 1 saturated heterocycles. The number of rotatable bonds is 9. The van der Waals surface area contributed by atoms with Crippen molar-refractivity contribution < 1.29 is 27.8 Å². The molecule has 2 N–H and O–H groups in total. The summed E-state index contributed by atoms with van der Waals surface area (Å²) in [7, 11) is 4.95. The lowest BCUT2D eigenvalue weighted by molar-refractivity contribution is -0.114. The van der Waals surface area contributed by atoms with Crippen LogP contribution in [-0.4, -0.2) is 59.6 Å². The number of ether oxygens (including phenoxy) is 3. The molecule has 1 aliphatic heterocycles. The molecule has 12 heteroatoms. The fraction of sp³-hybridized carbons (Fsp3) is 0.273. The molecule has 1 amide bonds. The molecule has 1 aliphatic rings. The number of amides is 1. The van der Waals surface area contributed by atoms with Crippen molar-refractivity contribution in [3.63, 3.8) is 0 Å². The molecule has 232 valence electrons. The number of hydrogen-bond acceptors (Lipinski definition) is 10. The third-order valence-electron chi connectivity index (χ3n) is 7.78. The van der Waals surface area contributed by atoms with Crippen LogP contribution in [0.1, 0.15) is 24.3 Å². The minimum absolute atomic E-state index is 0.116. The van der Waals surface area contributed by atoms with Gasteiger partial charge in [0.15, 0.2) is 17.3 Å². The van der Waals surface area contributed by atoms with E-state index in [1.807, 2.05) is 43.1 Å². The van der Waals surface area contributed by atoms with Crippen molar-refractivity contribution in [3.05, 3.63) is 72.1 Å². The number of carbonyl (C=O) groups excluding carboxylic acids is 1. The van der Waals surface area contributed by atoms with Crippen LogP contribution in [0.2, 0.25) is 0 Å². The fourth-order valence-corrected chi connectivity index (χ4v) is 5.41. The van der Waals surface area contributed by atoms with Gasteiger partial charge >= 0.3 is 0 Å². The summed E-state index contributed by atoms with van der Waals surface area (Å²) in [6, 6.07) is 12.3. The van der Waals surface area contributed by atoms with Crippen LogP contribution < -0.4 is 24.8 Å². The Labute approximate surface area is 259 Å². The van der Waals surface area contributed by atoms with Crippen molar-refractivity contribution in [2.45, 2.75) is 32.7 Å². The zero-order valence-electron chi connectivity index (χ0n) is 25.6. The van der Waals surface area contributed by atoms with Crippen LogP contribution in [0.4, 0.5) is 21.6 Å². The molecule has 11 nitrogen and oxygen atoms in total. The third-order valence-corrected chi connectivity index (χ3v) is 7.78. The highest BCUT2D eigenvalue weighted by Gasteiger charge is 2.22. The third kappa shape index (κ3) is 6.22. The summed E-state index contributed by atoms with van der Waals surface area (Å²) >= 11 is 0. The number of halogens is 1. The van der Waals surface area contributed by atoms with E-state index in [1.165, 1.54) is 19.5 Å². The van der Waals surface area contributed by atoms with Crippen molar-refractivity contribution in [1.29, 1.82) is 0 Å². The minimum atomic E-state index is -0.856. The van der Waals surface area contributed by atoms with Gasteiger partial charge in [0.1, 0.15) is 40.7 Å². The first kappa shape index (κ1) is 29.8. The van der Waals surface area contributed by atoms with Gasteiger partial charge in [-0.15, -0.1) is 0 Å². The molecule has 3 heterocycles. The average Bonchev–Trinajstić information content (AvgIpc) is 3.61. The molecule has 0 saturated carbocycles. The van der Waals surface area contributed by atoms with E-state index in [0.717, 1.165) is 24.9 Å². The van der Waals surface area contributed by atoms with E-state index < -0.39 is 11.7 Å². The average molecular weight is 613 g/mol. The molecular formula is C33H33FN6O5. The number of anilines is 3. The van der Waals surface area contributed by atoms with Crippen LogP contribution in [0.15, 0.2) is 65.1 Å². The largest absolute Gasteiger partial charge is 0.494 e. The first-order valence-electron chi connectivity index (χ1n) is 14.4. The van der Waals surface area contributed by atoms with E-state index >= 15 is 0 Å². The van der Waals surface area contributed by atoms with Gasteiger partial charge in [0.25, 0.3) is 5.91 Å². The Morgan fingerprint density at radius 3 is 2.58 bits per heavy atom. The van der Waals surface area contributed by atoms with Crippen molar-refractivity contribution in [3.8, 4) is 23.0 Å². The smallest absolute Gasteiger partial charge is 0.284 e. The van der Waals surface area contributed by atoms with E-state index in [2.05, 4.69) is 25.6 Å². The summed E-state index contributed by atoms with van der Waals surface area (Å²) in [4.78, 5) is 28.0. The number of likely N-dealkylation sites (tertiary alicyclic amines) is 1. The Morgan fingerprint density at radius 2 is 1.82 bits per heavy atom. The molecule has 1 fully saturated rings. The Morgan fingerprint density at radius 1 is 1.02 bits per heavy atom. The van der Waals surface area contributed by atoms with E-state index in [-0.39, 0.29) is 11.7 Å². The number of nitrogens with zero attached hydrogens (tertiary/aromatic N) is 4. The molecule has 0 bridgehead atoms. The minimum Gasteiger partial charge on any atom is -0.494 e. The molecule has 0 radical (unpaired) electrons. The molecule has 1 atom stereocenters. The highest BCUT2D eigenvalue weighted by Crippen LogP contribution is 2.39. The summed E-state index contributed by atoms with van der Waals surface area (Å²) in [6.07, 6.45) is 4.54. The number of nitrogens with one attached hydrogen (secondary N) is 2. The number of aromatic nitrogens is 3. The second kappa shape index (κ2) is 12.4. The molecular weight excluding hydrogens is 579 g/mol. The molecule has 1 unspecified atom stereocenters. The van der Waals surface area contributed by atoms with Gasteiger partial charge in [-0.05, 0) is 69.3 Å². The Balaban J connectivity index is 1.28. The molecule has 5 aromatic rings. The summed E-state index contributed by atoms with van der Waals surface area (Å²) in [6.45, 7) is 4.58. The maximum Gasteiger partial charge on any atom is 0.284 e. The van der Waals surface area contributed by atoms with Gasteiger partial charge in [0.05, 0.1) is 31.1 Å². The molecule has 3 aromatic carbocycles. The van der Waals surface area contributed by atoms with Gasteiger partial charge < -0.3 is 29.3 Å². The summed E-state index contributed by atoms with van der Waals surface area (Å²) in [5.74, 6) is 1.36. The van der Waals surface area contributed by atoms with Gasteiger partial charge in [-0.3, -0.25) is 9.69 Å². The lowest BCUT2D eigenvalue weighted by Gasteiger charge is -2.17. The van der Waals surface area contributed by atoms with E-state index in [1.54, 1.807) is 32.2 Å². The Hall–Kier alpha value is -5.23. The van der Waals surface area contributed by atoms with E-state index in [9.17, 15) is 9.18 Å². The number of fused-ring (bicyclic) bond motifs is 2. The predicted molar refractivity (Wildman–Crippen MR) is 169 cm³/mol. The van der Waals surface area contributed by atoms with Crippen molar-refractivity contribution in [1.82, 2.24) is 19.9 Å². The summed E-state index contributed by atoms with van der Waals surface area (Å²) in [5.41, 5.74) is 3.68. The lowest BCUT2D eigenvalue weighted by Crippen LogP contribution is -2.24. The molecule has 0 spiro atoms. The van der Waals surface area contributed by atoms with E-state index in [0.29, 0.717) is 62.4 Å². The van der Waals surface area contributed by atoms with Crippen molar-refractivity contribution in [2.24, 2.45) is 0 Å². The zero-order chi connectivity index (χ0) is 31.7. The lowest BCUT2D eigenvalue weighted by atomic mass is 10.1. The Bertz CT molecular complexity index is 1940. The van der Waals surface area contributed by atoms with Gasteiger partial charge in [-0.25, -0.2) is 19.3 Å². The van der Waals surface area contributed by atoms with Crippen LogP contribution in [-0.2, 0) is 4.79 Å². The van der Waals surface area contributed by atoms with Crippen molar-refractivity contribution >= 4 is 45.1 Å². The Kier molecular flexibility index (Phi) is 8.22. The number of methoxy groups -OCH3 is 2. The van der Waals surface area contributed by atoms with Crippen LogP contribution in [0.5, 0.6) is 23.0 Å². The van der Waals surface area contributed by atoms with Crippen molar-refractivity contribution in [2.75, 3.05) is 38.4 Å². The van der Waals surface area contributed by atoms with Gasteiger partial charge in [-0.1, -0.05) is 0 Å². The maximum atomic E-state index is 14.9. The maximum absolute atomic E-state index is 14.9. The van der Waals surface area contributed by atoms with Gasteiger partial charge in [0.2, 0.25) is 0 Å². The SMILES string of the molecule is COc1cc2ncnc(Nc3cc(C)c(Oc4ccc5oc(C)nc5c4)cc3OC)c2cc1NC(=O)/C(F)=C\C1CCCN1C. The molecule has 0 aliphatic carbocycles. The number of likely N-dealkylation sites (N-methyl/N-ethyl adjacent to an activating group) is 1. The topological polar surface area (TPSA) is 124 Å². The normalized spacial score (nSPS) is 15.4.